The number of hydrogen-bond acceptors (Lipinski definition) is 3. The lowest BCUT2D eigenvalue weighted by Crippen LogP contribution is -2.17. The topological polar surface area (TPSA) is 58.9 Å². The van der Waals surface area contributed by atoms with Crippen LogP contribution in [0.2, 0.25) is 0 Å². The van der Waals surface area contributed by atoms with E-state index in [-0.39, 0.29) is 0 Å². The first kappa shape index (κ1) is 10.2. The molecule has 0 spiro atoms. The summed E-state index contributed by atoms with van der Waals surface area (Å²) < 4.78 is 0. The van der Waals surface area contributed by atoms with E-state index in [1.807, 2.05) is 30.3 Å². The zero-order chi connectivity index (χ0) is 10.4. The Bertz CT molecular complexity index is 321. The van der Waals surface area contributed by atoms with Crippen LogP contribution in [-0.4, -0.2) is 23.4 Å². The summed E-state index contributed by atoms with van der Waals surface area (Å²) in [6.07, 6.45) is 0.550. The molecule has 0 amide bonds. The summed E-state index contributed by atoms with van der Waals surface area (Å²) in [6, 6.07) is 9.30. The summed E-state index contributed by atoms with van der Waals surface area (Å²) >= 11 is 0. The van der Waals surface area contributed by atoms with E-state index >= 15 is 0 Å². The molecule has 4 heteroatoms. The fourth-order valence-electron chi connectivity index (χ4n) is 0.767. The predicted molar refractivity (Wildman–Crippen MR) is 52.2 cm³/mol. The second-order valence-corrected chi connectivity index (χ2v) is 2.73. The van der Waals surface area contributed by atoms with Crippen LogP contribution in [0.25, 0.3) is 0 Å². The number of carbonyl (C=O) groups is 1. The van der Waals surface area contributed by atoms with Gasteiger partial charge >= 0.3 is 5.97 Å². The largest absolute Gasteiger partial charge is 0.478 e. The predicted octanol–water partition coefficient (Wildman–Crippen LogP) is 1.51. The molecule has 0 saturated carbocycles. The van der Waals surface area contributed by atoms with Gasteiger partial charge in [-0.25, -0.2) is 4.79 Å². The van der Waals surface area contributed by atoms with Crippen LogP contribution in [0.1, 0.15) is 12.5 Å². The van der Waals surface area contributed by atoms with Gasteiger partial charge in [0, 0.05) is 0 Å². The molecular formula is C10H11NO3. The Balaban J connectivity index is 2.46. The van der Waals surface area contributed by atoms with Crippen molar-refractivity contribution in [3.8, 4) is 0 Å². The van der Waals surface area contributed by atoms with Gasteiger partial charge in [-0.3, -0.25) is 0 Å². The first-order valence-corrected chi connectivity index (χ1v) is 4.17. The second-order valence-electron chi connectivity index (χ2n) is 2.73. The van der Waals surface area contributed by atoms with E-state index in [9.17, 15) is 4.79 Å². The highest BCUT2D eigenvalue weighted by molar-refractivity contribution is 5.79. The molecule has 0 aliphatic carbocycles. The molecule has 1 N–H and O–H groups in total. The van der Waals surface area contributed by atoms with Crippen molar-refractivity contribution in [1.29, 1.82) is 0 Å². The van der Waals surface area contributed by atoms with Crippen molar-refractivity contribution < 1.29 is 14.7 Å². The molecule has 14 heavy (non-hydrogen) atoms. The average Bonchev–Trinajstić information content (AvgIpc) is 2.19. The number of carboxylic acids is 1. The van der Waals surface area contributed by atoms with Crippen LogP contribution in [0.15, 0.2) is 35.5 Å². The minimum Gasteiger partial charge on any atom is -0.478 e. The Morgan fingerprint density at radius 1 is 1.50 bits per heavy atom. The van der Waals surface area contributed by atoms with Crippen LogP contribution in [0, 0.1) is 0 Å². The lowest BCUT2D eigenvalue weighted by atomic mass is 10.2. The molecule has 4 nitrogen and oxygen atoms in total. The first-order chi connectivity index (χ1) is 6.70. The molecule has 1 atom stereocenters. The molecule has 0 fully saturated rings. The van der Waals surface area contributed by atoms with E-state index in [2.05, 4.69) is 9.99 Å². The minimum atomic E-state index is -1.03. The van der Waals surface area contributed by atoms with Gasteiger partial charge in [-0.05, 0) is 12.5 Å². The number of benzene rings is 1. The molecule has 74 valence electrons. The Hall–Kier alpha value is -1.84. The molecule has 1 aromatic carbocycles. The number of hydrogen-bond donors (Lipinski definition) is 1. The van der Waals surface area contributed by atoms with E-state index in [0.29, 0.717) is 0 Å². The van der Waals surface area contributed by atoms with E-state index < -0.39 is 12.1 Å². The van der Waals surface area contributed by atoms with E-state index in [0.717, 1.165) is 5.56 Å². The van der Waals surface area contributed by atoms with Gasteiger partial charge in [0.2, 0.25) is 6.10 Å². The summed E-state index contributed by atoms with van der Waals surface area (Å²) in [4.78, 5) is 15.0. The Kier molecular flexibility index (Phi) is 3.67. The molecule has 0 heterocycles. The lowest BCUT2D eigenvalue weighted by Gasteiger charge is -2.01. The van der Waals surface area contributed by atoms with Crippen LogP contribution >= 0.6 is 0 Å². The number of aliphatic carboxylic acids is 1. The van der Waals surface area contributed by atoms with E-state index in [4.69, 9.17) is 5.11 Å². The van der Waals surface area contributed by atoms with Crippen molar-refractivity contribution in [3.63, 3.8) is 0 Å². The maximum Gasteiger partial charge on any atom is 0.347 e. The standard InChI is InChI=1S/C10H11NO3/c1-8(10(12)13)14-11-7-9-5-3-2-4-6-9/h2-8H,1H3,(H,12,13)/b11-7+. The number of carboxylic acid groups (broad SMARTS) is 1. The fourth-order valence-corrected chi connectivity index (χ4v) is 0.767. The highest BCUT2D eigenvalue weighted by Crippen LogP contribution is 1.96. The molecule has 0 aromatic heterocycles. The van der Waals surface area contributed by atoms with Gasteiger partial charge in [-0.15, -0.1) is 0 Å². The van der Waals surface area contributed by atoms with Crippen LogP contribution in [0.5, 0.6) is 0 Å². The molecule has 1 rings (SSSR count). The fraction of sp³-hybridized carbons (Fsp3) is 0.200. The third-order valence-electron chi connectivity index (χ3n) is 1.57. The van der Waals surface area contributed by atoms with Crippen molar-refractivity contribution in [3.05, 3.63) is 35.9 Å². The first-order valence-electron chi connectivity index (χ1n) is 4.17. The third-order valence-corrected chi connectivity index (χ3v) is 1.57. The van der Waals surface area contributed by atoms with Crippen molar-refractivity contribution in [2.75, 3.05) is 0 Å². The van der Waals surface area contributed by atoms with Gasteiger partial charge in [0.25, 0.3) is 0 Å². The summed E-state index contributed by atoms with van der Waals surface area (Å²) in [7, 11) is 0. The summed E-state index contributed by atoms with van der Waals surface area (Å²) in [5.41, 5.74) is 0.866. The van der Waals surface area contributed by atoms with Crippen molar-refractivity contribution in [2.24, 2.45) is 5.16 Å². The maximum atomic E-state index is 10.3. The number of nitrogens with zero attached hydrogens (tertiary/aromatic N) is 1. The highest BCUT2D eigenvalue weighted by atomic mass is 16.6. The molecule has 0 aliphatic rings. The minimum absolute atomic E-state index is 0.866. The summed E-state index contributed by atoms with van der Waals surface area (Å²) in [6.45, 7) is 1.42. The monoisotopic (exact) mass is 193 g/mol. The Labute approximate surface area is 81.8 Å². The highest BCUT2D eigenvalue weighted by Gasteiger charge is 2.10. The molecule has 0 aliphatic heterocycles. The van der Waals surface area contributed by atoms with Crippen LogP contribution in [0.4, 0.5) is 0 Å². The van der Waals surface area contributed by atoms with Crippen LogP contribution < -0.4 is 0 Å². The normalized spacial score (nSPS) is 12.6. The van der Waals surface area contributed by atoms with Crippen molar-refractivity contribution in [2.45, 2.75) is 13.0 Å². The Morgan fingerprint density at radius 3 is 2.71 bits per heavy atom. The van der Waals surface area contributed by atoms with Crippen LogP contribution in [0.3, 0.4) is 0 Å². The molecule has 0 saturated heterocycles. The maximum absolute atomic E-state index is 10.3. The van der Waals surface area contributed by atoms with Crippen LogP contribution in [-0.2, 0) is 9.63 Å². The van der Waals surface area contributed by atoms with Gasteiger partial charge in [0.15, 0.2) is 0 Å². The number of oxime groups is 1. The Morgan fingerprint density at radius 2 is 2.14 bits per heavy atom. The van der Waals surface area contributed by atoms with E-state index in [1.54, 1.807) is 0 Å². The molecule has 0 bridgehead atoms. The summed E-state index contributed by atoms with van der Waals surface area (Å²) in [5.74, 6) is -1.03. The lowest BCUT2D eigenvalue weighted by molar-refractivity contribution is -0.149. The van der Waals surface area contributed by atoms with Gasteiger partial charge in [0.05, 0.1) is 6.21 Å². The van der Waals surface area contributed by atoms with Gasteiger partial charge in [-0.2, -0.15) is 0 Å². The molecular weight excluding hydrogens is 182 g/mol. The molecule has 0 radical (unpaired) electrons. The summed E-state index contributed by atoms with van der Waals surface area (Å²) in [5, 5.41) is 12.0. The van der Waals surface area contributed by atoms with Crippen molar-refractivity contribution >= 4 is 12.2 Å². The van der Waals surface area contributed by atoms with Gasteiger partial charge in [-0.1, -0.05) is 35.5 Å². The van der Waals surface area contributed by atoms with Gasteiger partial charge < -0.3 is 9.94 Å². The smallest absolute Gasteiger partial charge is 0.347 e. The van der Waals surface area contributed by atoms with E-state index in [1.165, 1.54) is 13.1 Å². The average molecular weight is 193 g/mol. The molecule has 1 unspecified atom stereocenters. The van der Waals surface area contributed by atoms with Crippen molar-refractivity contribution in [1.82, 2.24) is 0 Å². The molecule has 1 aromatic rings. The third kappa shape index (κ3) is 3.26. The second kappa shape index (κ2) is 5.01. The SMILES string of the molecule is CC(O/N=C/c1ccccc1)C(=O)O. The van der Waals surface area contributed by atoms with Gasteiger partial charge in [0.1, 0.15) is 0 Å². The number of rotatable bonds is 4. The zero-order valence-electron chi connectivity index (χ0n) is 7.75. The zero-order valence-corrected chi connectivity index (χ0v) is 7.75. The quantitative estimate of drug-likeness (QED) is 0.582.